The third kappa shape index (κ3) is 1.61. The monoisotopic (exact) mass is 256 g/mol. The van der Waals surface area contributed by atoms with Gasteiger partial charge >= 0.3 is 0 Å². The predicted octanol–water partition coefficient (Wildman–Crippen LogP) is 1.39. The van der Waals surface area contributed by atoms with Crippen LogP contribution in [0.4, 0.5) is 0 Å². The second-order valence-electron chi connectivity index (χ2n) is 6.95. The fraction of sp³-hybridized carbons (Fsp3) is 0.562. The fourth-order valence-corrected chi connectivity index (χ4v) is 4.64. The molecular weight excluding hydrogens is 236 g/mol. The van der Waals surface area contributed by atoms with E-state index in [-0.39, 0.29) is 10.8 Å². The van der Waals surface area contributed by atoms with Crippen molar-refractivity contribution in [2.75, 3.05) is 32.8 Å². The first-order valence-corrected chi connectivity index (χ1v) is 7.13. The van der Waals surface area contributed by atoms with Crippen molar-refractivity contribution < 1.29 is 4.79 Å². The smallest absolute Gasteiger partial charge is 0.150 e. The maximum Gasteiger partial charge on any atom is 0.150 e. The Morgan fingerprint density at radius 3 is 2.32 bits per heavy atom. The van der Waals surface area contributed by atoms with Crippen molar-refractivity contribution in [3.63, 3.8) is 0 Å². The van der Waals surface area contributed by atoms with Gasteiger partial charge in [0, 0.05) is 26.2 Å². The first-order valence-electron chi connectivity index (χ1n) is 7.13. The summed E-state index contributed by atoms with van der Waals surface area (Å²) in [6.07, 6.45) is 0.898. The summed E-state index contributed by atoms with van der Waals surface area (Å²) >= 11 is 0. The summed E-state index contributed by atoms with van der Waals surface area (Å²) in [7, 11) is 0. The number of hydrogen-bond acceptors (Lipinski definition) is 3. The van der Waals surface area contributed by atoms with Gasteiger partial charge in [-0.3, -0.25) is 14.6 Å². The lowest BCUT2D eigenvalue weighted by Gasteiger charge is -2.62. The number of piperidine rings is 2. The zero-order chi connectivity index (χ0) is 13.1. The molecule has 1 aromatic rings. The zero-order valence-electron chi connectivity index (χ0n) is 11.4. The standard InChI is InChI=1S/C16H20N2O/c1-15-8-17-10-16(14(15)19,11-18(9-15)12-17)7-13-5-3-2-4-6-13/h2-6H,7-12H2,1H3. The lowest BCUT2D eigenvalue weighted by molar-refractivity contribution is -0.180. The van der Waals surface area contributed by atoms with E-state index in [0.29, 0.717) is 5.78 Å². The molecule has 4 bridgehead atoms. The molecule has 4 saturated heterocycles. The van der Waals surface area contributed by atoms with Crippen LogP contribution in [0.25, 0.3) is 0 Å². The number of benzene rings is 1. The van der Waals surface area contributed by atoms with E-state index in [4.69, 9.17) is 0 Å². The maximum atomic E-state index is 13.0. The van der Waals surface area contributed by atoms with Gasteiger partial charge in [0.25, 0.3) is 0 Å². The van der Waals surface area contributed by atoms with E-state index in [9.17, 15) is 4.79 Å². The predicted molar refractivity (Wildman–Crippen MR) is 73.7 cm³/mol. The molecule has 0 spiro atoms. The van der Waals surface area contributed by atoms with Gasteiger partial charge in [-0.05, 0) is 12.0 Å². The van der Waals surface area contributed by atoms with E-state index in [1.165, 1.54) is 5.56 Å². The minimum absolute atomic E-state index is 0.135. The van der Waals surface area contributed by atoms with Gasteiger partial charge in [-0.2, -0.15) is 0 Å². The average Bonchev–Trinajstić information content (AvgIpc) is 2.36. The number of Topliss-reactive ketones (excluding diaryl/α,β-unsaturated/α-hetero) is 1. The van der Waals surface area contributed by atoms with E-state index in [0.717, 1.165) is 39.3 Å². The highest BCUT2D eigenvalue weighted by molar-refractivity contribution is 5.93. The quantitative estimate of drug-likeness (QED) is 0.799. The molecule has 0 N–H and O–H groups in total. The first-order chi connectivity index (χ1) is 9.10. The van der Waals surface area contributed by atoms with Crippen molar-refractivity contribution in [2.24, 2.45) is 10.8 Å². The SMILES string of the molecule is CC12CN3CN(C1)CC(Cc1ccccc1)(C3)C2=O. The maximum absolute atomic E-state index is 13.0. The molecular formula is C16H20N2O. The number of rotatable bonds is 2. The molecule has 19 heavy (non-hydrogen) atoms. The molecule has 1 aromatic carbocycles. The van der Waals surface area contributed by atoms with Crippen LogP contribution in [0.5, 0.6) is 0 Å². The Hall–Kier alpha value is -1.19. The van der Waals surface area contributed by atoms with Gasteiger partial charge in [0.2, 0.25) is 0 Å². The van der Waals surface area contributed by atoms with Crippen molar-refractivity contribution in [3.05, 3.63) is 35.9 Å². The summed E-state index contributed by atoms with van der Waals surface area (Å²) in [5.74, 6) is 0.510. The van der Waals surface area contributed by atoms with Crippen LogP contribution in [0.15, 0.2) is 30.3 Å². The van der Waals surface area contributed by atoms with Crippen LogP contribution in [0, 0.1) is 10.8 Å². The second kappa shape index (κ2) is 3.68. The van der Waals surface area contributed by atoms with Crippen LogP contribution in [0.3, 0.4) is 0 Å². The van der Waals surface area contributed by atoms with Gasteiger partial charge in [0.15, 0.2) is 0 Å². The Kier molecular flexibility index (Phi) is 2.25. The van der Waals surface area contributed by atoms with Gasteiger partial charge in [-0.25, -0.2) is 0 Å². The van der Waals surface area contributed by atoms with Crippen LogP contribution < -0.4 is 0 Å². The van der Waals surface area contributed by atoms with E-state index in [2.05, 4.69) is 41.0 Å². The Morgan fingerprint density at radius 1 is 1.05 bits per heavy atom. The first kappa shape index (κ1) is 11.6. The molecule has 0 radical (unpaired) electrons. The highest BCUT2D eigenvalue weighted by atomic mass is 16.1. The molecule has 3 heteroatoms. The van der Waals surface area contributed by atoms with Crippen LogP contribution >= 0.6 is 0 Å². The van der Waals surface area contributed by atoms with E-state index in [1.807, 2.05) is 6.07 Å². The van der Waals surface area contributed by atoms with Crippen LogP contribution in [-0.4, -0.2) is 48.4 Å². The Balaban J connectivity index is 1.71. The minimum atomic E-state index is -0.162. The summed E-state index contributed by atoms with van der Waals surface area (Å²) in [5, 5.41) is 0. The lowest BCUT2D eigenvalue weighted by atomic mass is 9.60. The normalized spacial score (nSPS) is 43.7. The highest BCUT2D eigenvalue weighted by Crippen LogP contribution is 2.47. The number of carbonyl (C=O) groups excluding carboxylic acids is 1. The van der Waals surface area contributed by atoms with Crippen molar-refractivity contribution in [2.45, 2.75) is 13.3 Å². The van der Waals surface area contributed by atoms with Crippen LogP contribution in [0.1, 0.15) is 12.5 Å². The average molecular weight is 256 g/mol. The van der Waals surface area contributed by atoms with Gasteiger partial charge in [-0.1, -0.05) is 37.3 Å². The fourth-order valence-electron chi connectivity index (χ4n) is 4.64. The van der Waals surface area contributed by atoms with E-state index in [1.54, 1.807) is 0 Å². The molecule has 3 nitrogen and oxygen atoms in total. The largest absolute Gasteiger partial charge is 0.298 e. The number of nitrogens with zero attached hydrogens (tertiary/aromatic N) is 2. The lowest BCUT2D eigenvalue weighted by Crippen LogP contribution is -2.75. The van der Waals surface area contributed by atoms with Gasteiger partial charge in [-0.15, -0.1) is 0 Å². The van der Waals surface area contributed by atoms with Gasteiger partial charge in [0.1, 0.15) is 5.78 Å². The summed E-state index contributed by atoms with van der Waals surface area (Å²) in [5.41, 5.74) is 0.998. The molecule has 4 heterocycles. The Morgan fingerprint density at radius 2 is 1.68 bits per heavy atom. The molecule has 0 aromatic heterocycles. The second-order valence-corrected chi connectivity index (χ2v) is 6.95. The van der Waals surface area contributed by atoms with Gasteiger partial charge in [0.05, 0.1) is 17.5 Å². The molecule has 4 aliphatic heterocycles. The van der Waals surface area contributed by atoms with Crippen molar-refractivity contribution in [1.82, 2.24) is 9.80 Å². The van der Waals surface area contributed by atoms with Crippen molar-refractivity contribution in [1.29, 1.82) is 0 Å². The third-order valence-corrected chi connectivity index (χ3v) is 5.01. The summed E-state index contributed by atoms with van der Waals surface area (Å²) in [6, 6.07) is 10.5. The molecule has 0 saturated carbocycles. The number of ketones is 1. The number of hydrogen-bond donors (Lipinski definition) is 0. The van der Waals surface area contributed by atoms with Crippen LogP contribution in [0.2, 0.25) is 0 Å². The minimum Gasteiger partial charge on any atom is -0.298 e. The van der Waals surface area contributed by atoms with Crippen molar-refractivity contribution in [3.8, 4) is 0 Å². The summed E-state index contributed by atoms with van der Waals surface area (Å²) in [6.45, 7) is 7.03. The Bertz CT molecular complexity index is 511. The molecule has 0 aliphatic carbocycles. The van der Waals surface area contributed by atoms with E-state index >= 15 is 0 Å². The molecule has 0 amide bonds. The molecule has 2 atom stereocenters. The van der Waals surface area contributed by atoms with Crippen molar-refractivity contribution >= 4 is 5.78 Å². The zero-order valence-corrected chi connectivity index (χ0v) is 11.4. The molecule has 4 aliphatic rings. The van der Waals surface area contributed by atoms with E-state index < -0.39 is 0 Å². The molecule has 100 valence electrons. The summed E-state index contributed by atoms with van der Waals surface area (Å²) in [4.78, 5) is 17.9. The Labute approximate surface area is 114 Å². The molecule has 5 rings (SSSR count). The van der Waals surface area contributed by atoms with Crippen LogP contribution in [-0.2, 0) is 11.2 Å². The van der Waals surface area contributed by atoms with Gasteiger partial charge < -0.3 is 0 Å². The molecule has 4 fully saturated rings. The third-order valence-electron chi connectivity index (χ3n) is 5.01. The highest BCUT2D eigenvalue weighted by Gasteiger charge is 2.60. The molecule has 2 unspecified atom stereocenters. The number of carbonyl (C=O) groups is 1. The topological polar surface area (TPSA) is 23.6 Å². The summed E-state index contributed by atoms with van der Waals surface area (Å²) < 4.78 is 0.